The number of hydrogen-bond donors (Lipinski definition) is 0. The van der Waals surface area contributed by atoms with Crippen molar-refractivity contribution in [1.82, 2.24) is 9.38 Å². The molecule has 9 heteroatoms. The molecule has 0 spiro atoms. The minimum atomic E-state index is -3.81. The van der Waals surface area contributed by atoms with Crippen LogP contribution in [-0.4, -0.2) is 22.7 Å². The average Bonchev–Trinajstić information content (AvgIpc) is 3.05. The van der Waals surface area contributed by atoms with E-state index in [1.807, 2.05) is 0 Å². The molecule has 0 atom stereocenters. The standard InChI is InChI=1S/C20H14FN3O4S/c21-16-9-6-14(7-10-16)15-8-11-19-22-18(20(24(25)26)23(19)12-15)13-29(27,28)17-4-2-1-3-5-17/h1-12H,13H2. The number of rotatable bonds is 5. The zero-order valence-electron chi connectivity index (χ0n) is 14.9. The Hall–Kier alpha value is -3.59. The van der Waals surface area contributed by atoms with Crippen LogP contribution < -0.4 is 0 Å². The number of sulfone groups is 1. The highest BCUT2D eigenvalue weighted by Crippen LogP contribution is 2.28. The van der Waals surface area contributed by atoms with Crippen LogP contribution in [0.1, 0.15) is 5.69 Å². The molecule has 0 N–H and O–H groups in total. The van der Waals surface area contributed by atoms with Gasteiger partial charge in [0.05, 0.1) is 4.90 Å². The number of fused-ring (bicyclic) bond motifs is 1. The Morgan fingerprint density at radius 2 is 1.62 bits per heavy atom. The molecule has 2 aromatic heterocycles. The SMILES string of the molecule is O=[N+]([O-])c1c(CS(=O)(=O)c2ccccc2)nc2ccc(-c3ccc(F)cc3)cn12. The Balaban J connectivity index is 1.82. The van der Waals surface area contributed by atoms with Crippen molar-refractivity contribution in [3.8, 4) is 11.1 Å². The summed E-state index contributed by atoms with van der Waals surface area (Å²) in [5.41, 5.74) is 1.38. The molecule has 0 aliphatic carbocycles. The summed E-state index contributed by atoms with van der Waals surface area (Å²) in [7, 11) is -3.81. The Kier molecular flexibility index (Phi) is 4.59. The molecule has 4 rings (SSSR count). The molecule has 0 saturated heterocycles. The third kappa shape index (κ3) is 3.59. The second-order valence-corrected chi connectivity index (χ2v) is 8.35. The van der Waals surface area contributed by atoms with E-state index in [-0.39, 0.29) is 16.2 Å². The number of pyridine rings is 1. The van der Waals surface area contributed by atoms with E-state index < -0.39 is 32.1 Å². The minimum Gasteiger partial charge on any atom is -0.358 e. The molecule has 7 nitrogen and oxygen atoms in total. The predicted molar refractivity (Wildman–Crippen MR) is 105 cm³/mol. The van der Waals surface area contributed by atoms with Crippen LogP contribution in [0, 0.1) is 15.9 Å². The van der Waals surface area contributed by atoms with Gasteiger partial charge in [0.15, 0.2) is 15.5 Å². The molecule has 0 bridgehead atoms. The van der Waals surface area contributed by atoms with Crippen molar-refractivity contribution in [3.63, 3.8) is 0 Å². The number of hydrogen-bond acceptors (Lipinski definition) is 5. The monoisotopic (exact) mass is 411 g/mol. The van der Waals surface area contributed by atoms with Gasteiger partial charge in [-0.3, -0.25) is 0 Å². The lowest BCUT2D eigenvalue weighted by Gasteiger charge is -2.03. The van der Waals surface area contributed by atoms with E-state index in [0.717, 1.165) is 0 Å². The highest BCUT2D eigenvalue weighted by atomic mass is 32.2. The van der Waals surface area contributed by atoms with Crippen LogP contribution >= 0.6 is 0 Å². The number of imidazole rings is 1. The summed E-state index contributed by atoms with van der Waals surface area (Å²) in [5, 5.41) is 11.7. The summed E-state index contributed by atoms with van der Waals surface area (Å²) in [4.78, 5) is 15.3. The lowest BCUT2D eigenvalue weighted by atomic mass is 10.1. The van der Waals surface area contributed by atoms with Crippen molar-refractivity contribution < 1.29 is 17.7 Å². The zero-order valence-corrected chi connectivity index (χ0v) is 15.7. The fraction of sp³-hybridized carbons (Fsp3) is 0.0500. The second kappa shape index (κ2) is 7.10. The van der Waals surface area contributed by atoms with Crippen molar-refractivity contribution in [2.45, 2.75) is 10.6 Å². The second-order valence-electron chi connectivity index (χ2n) is 6.36. The minimum absolute atomic E-state index is 0.0679. The molecule has 0 aliphatic heterocycles. The quantitative estimate of drug-likeness (QED) is 0.365. The molecule has 0 radical (unpaired) electrons. The number of benzene rings is 2. The maximum atomic E-state index is 13.2. The normalized spacial score (nSPS) is 11.6. The van der Waals surface area contributed by atoms with Crippen molar-refractivity contribution in [2.75, 3.05) is 0 Å². The maximum absolute atomic E-state index is 13.2. The van der Waals surface area contributed by atoms with Crippen LogP contribution in [0.3, 0.4) is 0 Å². The lowest BCUT2D eigenvalue weighted by molar-refractivity contribution is -0.391. The molecule has 0 aliphatic rings. The Morgan fingerprint density at radius 1 is 0.966 bits per heavy atom. The van der Waals surface area contributed by atoms with Gasteiger partial charge in [-0.1, -0.05) is 30.3 Å². The summed E-state index contributed by atoms with van der Waals surface area (Å²) < 4.78 is 39.7. The number of halogens is 1. The third-order valence-electron chi connectivity index (χ3n) is 4.44. The lowest BCUT2D eigenvalue weighted by Crippen LogP contribution is -2.07. The van der Waals surface area contributed by atoms with Gasteiger partial charge >= 0.3 is 5.82 Å². The first-order chi connectivity index (χ1) is 13.8. The summed E-state index contributed by atoms with van der Waals surface area (Å²) >= 11 is 0. The molecule has 0 amide bonds. The molecule has 4 aromatic rings. The summed E-state index contributed by atoms with van der Waals surface area (Å²) in [6.07, 6.45) is 1.49. The molecule has 2 heterocycles. The van der Waals surface area contributed by atoms with Crippen molar-refractivity contribution in [2.24, 2.45) is 0 Å². The van der Waals surface area contributed by atoms with Crippen LogP contribution in [0.15, 0.2) is 77.8 Å². The predicted octanol–water partition coefficient (Wildman–Crippen LogP) is 4.02. The number of nitrogens with zero attached hydrogens (tertiary/aromatic N) is 3. The van der Waals surface area contributed by atoms with Gasteiger partial charge in [-0.05, 0) is 40.8 Å². The van der Waals surface area contributed by atoms with Gasteiger partial charge in [-0.2, -0.15) is 4.40 Å². The molecule has 0 fully saturated rings. The molecular weight excluding hydrogens is 397 g/mol. The van der Waals surface area contributed by atoms with Crippen LogP contribution in [0.4, 0.5) is 10.2 Å². The summed E-state index contributed by atoms with van der Waals surface area (Å²) in [6.45, 7) is 0. The highest BCUT2D eigenvalue weighted by Gasteiger charge is 2.28. The summed E-state index contributed by atoms with van der Waals surface area (Å²) in [6, 6.07) is 16.7. The largest absolute Gasteiger partial charge is 0.358 e. The van der Waals surface area contributed by atoms with E-state index in [4.69, 9.17) is 0 Å². The Bertz CT molecular complexity index is 1320. The van der Waals surface area contributed by atoms with Crippen molar-refractivity contribution in [1.29, 1.82) is 0 Å². The molecule has 146 valence electrons. The van der Waals surface area contributed by atoms with Gasteiger partial charge in [0.2, 0.25) is 5.65 Å². The van der Waals surface area contributed by atoms with Crippen LogP contribution in [0.25, 0.3) is 16.8 Å². The summed E-state index contributed by atoms with van der Waals surface area (Å²) in [5.74, 6) is -1.40. The maximum Gasteiger partial charge on any atom is 0.352 e. The topological polar surface area (TPSA) is 94.6 Å². The molecule has 0 saturated carbocycles. The Labute approximate surface area is 165 Å². The van der Waals surface area contributed by atoms with Crippen LogP contribution in [0.2, 0.25) is 0 Å². The molecule has 2 aromatic carbocycles. The van der Waals surface area contributed by atoms with E-state index in [0.29, 0.717) is 11.1 Å². The van der Waals surface area contributed by atoms with E-state index in [1.165, 1.54) is 34.9 Å². The highest BCUT2D eigenvalue weighted by molar-refractivity contribution is 7.90. The van der Waals surface area contributed by atoms with Crippen LogP contribution in [-0.2, 0) is 15.6 Å². The van der Waals surface area contributed by atoms with E-state index in [1.54, 1.807) is 42.5 Å². The third-order valence-corrected chi connectivity index (χ3v) is 6.09. The molecular formula is C20H14FN3O4S. The molecule has 29 heavy (non-hydrogen) atoms. The van der Waals surface area contributed by atoms with Crippen molar-refractivity contribution >= 4 is 21.3 Å². The van der Waals surface area contributed by atoms with Gasteiger partial charge in [0, 0.05) is 11.6 Å². The first-order valence-electron chi connectivity index (χ1n) is 8.54. The fourth-order valence-electron chi connectivity index (χ4n) is 3.08. The van der Waals surface area contributed by atoms with Crippen LogP contribution in [0.5, 0.6) is 0 Å². The van der Waals surface area contributed by atoms with Gasteiger partial charge in [-0.25, -0.2) is 17.8 Å². The number of aromatic nitrogens is 2. The molecule has 0 unspecified atom stereocenters. The number of nitro groups is 1. The fourth-order valence-corrected chi connectivity index (χ4v) is 4.37. The van der Waals surface area contributed by atoms with Crippen molar-refractivity contribution in [3.05, 3.63) is 94.6 Å². The van der Waals surface area contributed by atoms with E-state index in [9.17, 15) is 22.9 Å². The first kappa shape index (κ1) is 18.8. The van der Waals surface area contributed by atoms with E-state index >= 15 is 0 Å². The van der Waals surface area contributed by atoms with Gasteiger partial charge < -0.3 is 10.1 Å². The Morgan fingerprint density at radius 3 is 2.28 bits per heavy atom. The van der Waals surface area contributed by atoms with Gasteiger partial charge in [-0.15, -0.1) is 0 Å². The average molecular weight is 411 g/mol. The smallest absolute Gasteiger partial charge is 0.352 e. The van der Waals surface area contributed by atoms with Gasteiger partial charge in [0.25, 0.3) is 0 Å². The first-order valence-corrected chi connectivity index (χ1v) is 10.2. The van der Waals surface area contributed by atoms with Gasteiger partial charge in [0.1, 0.15) is 17.8 Å². The zero-order chi connectivity index (χ0) is 20.6. The van der Waals surface area contributed by atoms with E-state index in [2.05, 4.69) is 4.98 Å².